The minimum Gasteiger partial charge on any atom is -0.494 e. The van der Waals surface area contributed by atoms with E-state index in [1.165, 1.54) is 24.5 Å². The third kappa shape index (κ3) is 7.31. The van der Waals surface area contributed by atoms with Gasteiger partial charge in [0.1, 0.15) is 23.7 Å². The molecule has 2 aromatic carbocycles. The zero-order valence-corrected chi connectivity index (χ0v) is 26.8. The highest BCUT2D eigenvalue weighted by Crippen LogP contribution is 2.40. The van der Waals surface area contributed by atoms with Gasteiger partial charge in [-0.25, -0.2) is 19.4 Å². The number of ether oxygens (including phenoxy) is 1. The van der Waals surface area contributed by atoms with Crippen molar-refractivity contribution in [2.45, 2.75) is 38.3 Å². The van der Waals surface area contributed by atoms with Gasteiger partial charge in [0.2, 0.25) is 11.8 Å². The van der Waals surface area contributed by atoms with Crippen molar-refractivity contribution in [1.29, 1.82) is 0 Å². The predicted octanol–water partition coefficient (Wildman–Crippen LogP) is 4.51. The second-order valence-corrected chi connectivity index (χ2v) is 11.9. The summed E-state index contributed by atoms with van der Waals surface area (Å²) in [5.74, 6) is 1.17. The van der Waals surface area contributed by atoms with Crippen LogP contribution in [0.3, 0.4) is 0 Å². The maximum atomic E-state index is 13.6. The van der Waals surface area contributed by atoms with Gasteiger partial charge in [0, 0.05) is 70.8 Å². The van der Waals surface area contributed by atoms with Crippen LogP contribution in [0.15, 0.2) is 61.4 Å². The van der Waals surface area contributed by atoms with Gasteiger partial charge >= 0.3 is 0 Å². The Morgan fingerprint density at radius 3 is 2.43 bits per heavy atom. The lowest BCUT2D eigenvalue weighted by molar-refractivity contribution is -0.131. The summed E-state index contributed by atoms with van der Waals surface area (Å²) in [7, 11) is 1.61. The summed E-state index contributed by atoms with van der Waals surface area (Å²) < 4.78 is 19.4. The number of rotatable bonds is 9. The Bertz CT molecular complexity index is 1590. The second-order valence-electron chi connectivity index (χ2n) is 11.9. The lowest BCUT2D eigenvalue weighted by Gasteiger charge is -2.43. The van der Waals surface area contributed by atoms with Crippen molar-refractivity contribution >= 4 is 40.5 Å². The van der Waals surface area contributed by atoms with Crippen molar-refractivity contribution in [1.82, 2.24) is 19.8 Å². The summed E-state index contributed by atoms with van der Waals surface area (Å²) in [6.45, 7) is 10.7. The van der Waals surface area contributed by atoms with Crippen LogP contribution < -0.4 is 25.3 Å². The minimum atomic E-state index is -0.317. The summed E-state index contributed by atoms with van der Waals surface area (Å²) in [5.41, 5.74) is 3.02. The molecule has 47 heavy (non-hydrogen) atoms. The number of carbonyl (C=O) groups excluding carboxylic acids is 2. The minimum absolute atomic E-state index is 0.123. The fourth-order valence-electron chi connectivity index (χ4n) is 6.61. The molecular weight excluding hydrogens is 603 g/mol. The molecule has 3 fully saturated rings. The molecule has 1 unspecified atom stereocenters. The van der Waals surface area contributed by atoms with Crippen LogP contribution in [0.2, 0.25) is 0 Å². The smallest absolute Gasteiger partial charge is 0.247 e. The number of halogens is 1. The molecule has 3 saturated heterocycles. The fraction of sp³-hybridized carbons (Fsp3) is 0.412. The van der Waals surface area contributed by atoms with Crippen LogP contribution in [-0.4, -0.2) is 90.6 Å². The number of aromatic nitrogens is 2. The third-order valence-electron chi connectivity index (χ3n) is 9.14. The first kappa shape index (κ1) is 32.2. The number of methoxy groups -OCH3 is 1. The maximum absolute atomic E-state index is 13.6. The van der Waals surface area contributed by atoms with Gasteiger partial charge in [-0.3, -0.25) is 19.3 Å². The molecule has 12 nitrogen and oxygen atoms in total. The van der Waals surface area contributed by atoms with Gasteiger partial charge in [-0.2, -0.15) is 0 Å². The molecule has 2 amide bonds. The monoisotopic (exact) mass is 644 g/mol. The summed E-state index contributed by atoms with van der Waals surface area (Å²) >= 11 is 0. The summed E-state index contributed by atoms with van der Waals surface area (Å²) in [6, 6.07) is 12.3. The Kier molecular flexibility index (Phi) is 9.83. The van der Waals surface area contributed by atoms with E-state index in [0.717, 1.165) is 69.8 Å². The SMILES string of the molecule is C=CC(=O)Nc1cc(Nc2cc(N3OCCC3c3ccc(F)cc3)ncn2)c(OC)cc1N1CCC(N2CCN(C(C)=O)CC2)CC1. The van der Waals surface area contributed by atoms with E-state index < -0.39 is 0 Å². The quantitative estimate of drug-likeness (QED) is 0.323. The lowest BCUT2D eigenvalue weighted by Crippen LogP contribution is -2.54. The number of benzene rings is 2. The van der Waals surface area contributed by atoms with Crippen LogP contribution in [0.1, 0.15) is 37.8 Å². The highest BCUT2D eigenvalue weighted by atomic mass is 19.1. The van der Waals surface area contributed by atoms with E-state index in [1.807, 2.05) is 17.0 Å². The predicted molar refractivity (Wildman–Crippen MR) is 178 cm³/mol. The Hall–Kier alpha value is -4.75. The number of hydroxylamine groups is 1. The first-order valence-corrected chi connectivity index (χ1v) is 16.0. The van der Waals surface area contributed by atoms with Crippen molar-refractivity contribution in [3.8, 4) is 5.75 Å². The normalized spacial score (nSPS) is 19.0. The topological polar surface area (TPSA) is 115 Å². The zero-order chi connectivity index (χ0) is 32.9. The van der Waals surface area contributed by atoms with E-state index in [4.69, 9.17) is 9.57 Å². The number of piperazine rings is 1. The standard InChI is InChI=1S/C34H41FN8O4/c1-4-34(45)39-27-19-28(38-32-21-33(37-22-36-32)43-29(11-18-47-43)24-5-7-25(35)8-6-24)31(46-3)20-30(27)42-12-9-26(10-13-42)41-16-14-40(15-17-41)23(2)44/h4-8,19-22,26,29H,1,9-18H2,2-3H3,(H,39,45)(H,36,37,38). The first-order chi connectivity index (χ1) is 22.8. The van der Waals surface area contributed by atoms with Gasteiger partial charge in [0.25, 0.3) is 0 Å². The lowest BCUT2D eigenvalue weighted by atomic mass is 10.0. The number of hydrogen-bond acceptors (Lipinski definition) is 10. The maximum Gasteiger partial charge on any atom is 0.247 e. The van der Waals surface area contributed by atoms with Crippen molar-refractivity contribution in [2.75, 3.05) is 73.6 Å². The van der Waals surface area contributed by atoms with Crippen molar-refractivity contribution in [3.63, 3.8) is 0 Å². The van der Waals surface area contributed by atoms with E-state index in [1.54, 1.807) is 37.3 Å². The average molecular weight is 645 g/mol. The van der Waals surface area contributed by atoms with Gasteiger partial charge in [0.15, 0.2) is 5.82 Å². The van der Waals surface area contributed by atoms with Crippen LogP contribution in [0.5, 0.6) is 5.75 Å². The molecule has 13 heteroatoms. The molecule has 3 aliphatic heterocycles. The number of piperidine rings is 1. The highest BCUT2D eigenvalue weighted by molar-refractivity contribution is 6.02. The van der Waals surface area contributed by atoms with Gasteiger partial charge in [0.05, 0.1) is 36.8 Å². The Morgan fingerprint density at radius 2 is 1.74 bits per heavy atom. The van der Waals surface area contributed by atoms with Gasteiger partial charge in [-0.1, -0.05) is 18.7 Å². The van der Waals surface area contributed by atoms with Crippen LogP contribution in [0.25, 0.3) is 0 Å². The highest BCUT2D eigenvalue weighted by Gasteiger charge is 2.31. The average Bonchev–Trinajstić information content (AvgIpc) is 3.59. The zero-order valence-electron chi connectivity index (χ0n) is 26.8. The number of nitrogens with one attached hydrogen (secondary N) is 2. The molecule has 1 aromatic heterocycles. The van der Waals surface area contributed by atoms with Crippen LogP contribution in [0, 0.1) is 5.82 Å². The summed E-state index contributed by atoms with van der Waals surface area (Å²) in [5, 5.41) is 8.04. The second kappa shape index (κ2) is 14.3. The van der Waals surface area contributed by atoms with E-state index in [9.17, 15) is 14.0 Å². The Morgan fingerprint density at radius 1 is 1.00 bits per heavy atom. The summed E-state index contributed by atoms with van der Waals surface area (Å²) in [4.78, 5) is 45.8. The molecular formula is C34H41FN8O4. The number of carbonyl (C=O) groups is 2. The van der Waals surface area contributed by atoms with Crippen LogP contribution in [0.4, 0.5) is 33.1 Å². The van der Waals surface area contributed by atoms with Crippen LogP contribution in [-0.2, 0) is 14.4 Å². The molecule has 0 aliphatic carbocycles. The molecule has 0 bridgehead atoms. The molecule has 248 valence electrons. The van der Waals surface area contributed by atoms with E-state index in [2.05, 4.69) is 37.0 Å². The fourth-order valence-corrected chi connectivity index (χ4v) is 6.61. The largest absolute Gasteiger partial charge is 0.494 e. The first-order valence-electron chi connectivity index (χ1n) is 16.0. The number of nitrogens with zero attached hydrogens (tertiary/aromatic N) is 6. The molecule has 3 aliphatic rings. The van der Waals surface area contributed by atoms with E-state index in [0.29, 0.717) is 41.4 Å². The van der Waals surface area contributed by atoms with Crippen molar-refractivity contribution < 1.29 is 23.6 Å². The third-order valence-corrected chi connectivity index (χ3v) is 9.14. The van der Waals surface area contributed by atoms with Gasteiger partial charge in [-0.05, 0) is 42.7 Å². The van der Waals surface area contributed by atoms with Crippen molar-refractivity contribution in [3.05, 3.63) is 72.8 Å². The van der Waals surface area contributed by atoms with E-state index >= 15 is 0 Å². The number of hydrogen-bond donors (Lipinski definition) is 2. The molecule has 3 aromatic rings. The molecule has 1 atom stereocenters. The number of anilines is 5. The molecule has 4 heterocycles. The Labute approximate surface area is 274 Å². The van der Waals surface area contributed by atoms with E-state index in [-0.39, 0.29) is 23.7 Å². The molecule has 0 spiro atoms. The number of amides is 2. The Balaban J connectivity index is 1.20. The molecule has 2 N–H and O–H groups in total. The summed E-state index contributed by atoms with van der Waals surface area (Å²) in [6.07, 6.45) is 5.37. The van der Waals surface area contributed by atoms with Crippen LogP contribution >= 0.6 is 0 Å². The molecule has 6 rings (SSSR count). The molecule has 0 saturated carbocycles. The molecule has 0 radical (unpaired) electrons. The van der Waals surface area contributed by atoms with Gasteiger partial charge in [-0.15, -0.1) is 0 Å². The van der Waals surface area contributed by atoms with Gasteiger partial charge < -0.3 is 25.2 Å². The van der Waals surface area contributed by atoms with Crippen molar-refractivity contribution in [2.24, 2.45) is 0 Å².